The van der Waals surface area contributed by atoms with Gasteiger partial charge in [0.25, 0.3) is 0 Å². The van der Waals surface area contributed by atoms with Gasteiger partial charge in [0, 0.05) is 24.5 Å². The third kappa shape index (κ3) is 2.42. The zero-order chi connectivity index (χ0) is 16.5. The zero-order valence-electron chi connectivity index (χ0n) is 13.2. The van der Waals surface area contributed by atoms with Crippen molar-refractivity contribution in [2.75, 3.05) is 11.9 Å². The second-order valence-corrected chi connectivity index (χ2v) is 5.63. The number of imidazole rings is 1. The van der Waals surface area contributed by atoms with E-state index in [1.165, 1.54) is 6.07 Å². The highest BCUT2D eigenvalue weighted by Crippen LogP contribution is 2.28. The van der Waals surface area contributed by atoms with Gasteiger partial charge >= 0.3 is 0 Å². The maximum absolute atomic E-state index is 14.0. The van der Waals surface area contributed by atoms with Crippen molar-refractivity contribution in [2.24, 2.45) is 0 Å². The van der Waals surface area contributed by atoms with Gasteiger partial charge in [-0.1, -0.05) is 36.4 Å². The average Bonchev–Trinajstić information content (AvgIpc) is 3.05. The third-order valence-corrected chi connectivity index (χ3v) is 4.17. The van der Waals surface area contributed by atoms with Crippen LogP contribution in [-0.4, -0.2) is 16.4 Å². The number of nitrogens with zero attached hydrogens (tertiary/aromatic N) is 3. The fourth-order valence-electron chi connectivity index (χ4n) is 2.86. The highest BCUT2D eigenvalue weighted by atomic mass is 19.1. The maximum Gasteiger partial charge on any atom is 0.138 e. The van der Waals surface area contributed by atoms with E-state index in [2.05, 4.69) is 9.88 Å². The number of anilines is 2. The lowest BCUT2D eigenvalue weighted by molar-refractivity contribution is 0.631. The van der Waals surface area contributed by atoms with E-state index in [0.29, 0.717) is 5.56 Å². The summed E-state index contributed by atoms with van der Waals surface area (Å²) in [6, 6.07) is 20.7. The summed E-state index contributed by atoms with van der Waals surface area (Å²) in [6.45, 7) is 0. The number of hydrogen-bond donors (Lipinski definition) is 0. The summed E-state index contributed by atoms with van der Waals surface area (Å²) < 4.78 is 16.0. The van der Waals surface area contributed by atoms with Crippen LogP contribution in [0.25, 0.3) is 16.8 Å². The fourth-order valence-corrected chi connectivity index (χ4v) is 2.86. The number of hydrogen-bond acceptors (Lipinski definition) is 2. The van der Waals surface area contributed by atoms with E-state index in [4.69, 9.17) is 0 Å². The number of para-hydroxylation sites is 1. The molecule has 0 aliphatic rings. The van der Waals surface area contributed by atoms with Crippen LogP contribution in [0, 0.1) is 5.82 Å². The van der Waals surface area contributed by atoms with Gasteiger partial charge in [-0.3, -0.25) is 4.40 Å². The Balaban J connectivity index is 1.78. The summed E-state index contributed by atoms with van der Waals surface area (Å²) in [7, 11) is 2.00. The van der Waals surface area contributed by atoms with Gasteiger partial charge in [0.1, 0.15) is 17.3 Å². The van der Waals surface area contributed by atoms with Crippen LogP contribution in [0.1, 0.15) is 0 Å². The first-order valence-electron chi connectivity index (χ1n) is 7.75. The Morgan fingerprint density at radius 3 is 2.50 bits per heavy atom. The van der Waals surface area contributed by atoms with E-state index in [-0.39, 0.29) is 5.82 Å². The SMILES string of the molecule is CN(c1ccccc1)c1cnc2cc(-c3ccccc3F)ccn12. The summed E-state index contributed by atoms with van der Waals surface area (Å²) in [5, 5.41) is 0. The van der Waals surface area contributed by atoms with E-state index in [1.807, 2.05) is 72.4 Å². The van der Waals surface area contributed by atoms with E-state index in [9.17, 15) is 4.39 Å². The van der Waals surface area contributed by atoms with Crippen LogP contribution in [0.4, 0.5) is 15.9 Å². The molecule has 4 aromatic rings. The van der Waals surface area contributed by atoms with E-state index >= 15 is 0 Å². The molecule has 0 amide bonds. The van der Waals surface area contributed by atoms with Gasteiger partial charge in [-0.15, -0.1) is 0 Å². The standard InChI is InChI=1S/C20H16FN3/c1-23(16-7-3-2-4-8-16)20-14-22-19-13-15(11-12-24(19)20)17-9-5-6-10-18(17)21/h2-14H,1H3. The molecule has 0 atom stereocenters. The Labute approximate surface area is 139 Å². The van der Waals surface area contributed by atoms with Crippen molar-refractivity contribution >= 4 is 17.2 Å². The van der Waals surface area contributed by atoms with Crippen LogP contribution in [0.2, 0.25) is 0 Å². The molecule has 0 aliphatic carbocycles. The first-order valence-corrected chi connectivity index (χ1v) is 7.75. The Hall–Kier alpha value is -3.14. The Morgan fingerprint density at radius 1 is 0.958 bits per heavy atom. The molecule has 0 saturated carbocycles. The van der Waals surface area contributed by atoms with E-state index in [0.717, 1.165) is 22.7 Å². The number of rotatable bonds is 3. The molecule has 3 nitrogen and oxygen atoms in total. The van der Waals surface area contributed by atoms with Gasteiger partial charge < -0.3 is 4.90 Å². The van der Waals surface area contributed by atoms with Gasteiger partial charge in [-0.2, -0.15) is 0 Å². The molecular formula is C20H16FN3. The highest BCUT2D eigenvalue weighted by molar-refractivity contribution is 5.70. The molecule has 0 N–H and O–H groups in total. The first kappa shape index (κ1) is 14.5. The molecule has 0 spiro atoms. The smallest absolute Gasteiger partial charge is 0.138 e. The summed E-state index contributed by atoms with van der Waals surface area (Å²) in [5.74, 6) is 0.728. The van der Waals surface area contributed by atoms with Crippen LogP contribution in [0.15, 0.2) is 79.1 Å². The fraction of sp³-hybridized carbons (Fsp3) is 0.0500. The summed E-state index contributed by atoms with van der Waals surface area (Å²) >= 11 is 0. The van der Waals surface area contributed by atoms with Crippen molar-refractivity contribution in [1.82, 2.24) is 9.38 Å². The second kappa shape index (κ2) is 5.81. The lowest BCUT2D eigenvalue weighted by Crippen LogP contribution is -2.11. The van der Waals surface area contributed by atoms with Gasteiger partial charge in [-0.25, -0.2) is 9.37 Å². The minimum atomic E-state index is -0.227. The minimum absolute atomic E-state index is 0.227. The Morgan fingerprint density at radius 2 is 1.71 bits per heavy atom. The molecule has 2 heterocycles. The summed E-state index contributed by atoms with van der Waals surface area (Å²) in [5.41, 5.74) is 3.27. The number of benzene rings is 2. The summed E-state index contributed by atoms with van der Waals surface area (Å²) in [4.78, 5) is 6.55. The normalized spacial score (nSPS) is 10.9. The molecule has 0 fully saturated rings. The molecule has 2 aromatic heterocycles. The molecular weight excluding hydrogens is 301 g/mol. The van der Waals surface area contributed by atoms with Crippen LogP contribution in [0.3, 0.4) is 0 Å². The quantitative estimate of drug-likeness (QED) is 0.535. The number of aromatic nitrogens is 2. The van der Waals surface area contributed by atoms with Crippen LogP contribution < -0.4 is 4.90 Å². The molecule has 0 aliphatic heterocycles. The molecule has 4 rings (SSSR count). The van der Waals surface area contributed by atoms with Gasteiger partial charge in [-0.05, 0) is 35.9 Å². The molecule has 4 heteroatoms. The monoisotopic (exact) mass is 317 g/mol. The van der Waals surface area contributed by atoms with Crippen LogP contribution in [-0.2, 0) is 0 Å². The second-order valence-electron chi connectivity index (χ2n) is 5.63. The van der Waals surface area contributed by atoms with Crippen LogP contribution in [0.5, 0.6) is 0 Å². The minimum Gasteiger partial charge on any atom is -0.329 e. The zero-order valence-corrected chi connectivity index (χ0v) is 13.2. The Kier molecular flexibility index (Phi) is 3.50. The lowest BCUT2D eigenvalue weighted by Gasteiger charge is -2.18. The van der Waals surface area contributed by atoms with Crippen LogP contribution >= 0.6 is 0 Å². The Bertz CT molecular complexity index is 992. The molecule has 0 unspecified atom stereocenters. The van der Waals surface area contributed by atoms with E-state index in [1.54, 1.807) is 12.1 Å². The van der Waals surface area contributed by atoms with Crippen molar-refractivity contribution < 1.29 is 4.39 Å². The topological polar surface area (TPSA) is 20.5 Å². The molecule has 0 bridgehead atoms. The molecule has 118 valence electrons. The van der Waals surface area contributed by atoms with E-state index < -0.39 is 0 Å². The number of pyridine rings is 1. The molecule has 0 radical (unpaired) electrons. The van der Waals surface area contributed by atoms with Crippen molar-refractivity contribution in [2.45, 2.75) is 0 Å². The van der Waals surface area contributed by atoms with Crippen molar-refractivity contribution in [1.29, 1.82) is 0 Å². The summed E-state index contributed by atoms with van der Waals surface area (Å²) in [6.07, 6.45) is 3.76. The highest BCUT2D eigenvalue weighted by Gasteiger charge is 2.11. The molecule has 2 aromatic carbocycles. The van der Waals surface area contributed by atoms with Gasteiger partial charge in [0.15, 0.2) is 0 Å². The van der Waals surface area contributed by atoms with Crippen molar-refractivity contribution in [3.05, 3.63) is 84.9 Å². The van der Waals surface area contributed by atoms with Gasteiger partial charge in [0.2, 0.25) is 0 Å². The van der Waals surface area contributed by atoms with Gasteiger partial charge in [0.05, 0.1) is 6.20 Å². The lowest BCUT2D eigenvalue weighted by atomic mass is 10.1. The van der Waals surface area contributed by atoms with Crippen molar-refractivity contribution in [3.63, 3.8) is 0 Å². The first-order chi connectivity index (χ1) is 11.7. The average molecular weight is 317 g/mol. The maximum atomic E-state index is 14.0. The molecule has 24 heavy (non-hydrogen) atoms. The third-order valence-electron chi connectivity index (χ3n) is 4.17. The largest absolute Gasteiger partial charge is 0.329 e. The van der Waals surface area contributed by atoms with Crippen molar-refractivity contribution in [3.8, 4) is 11.1 Å². The number of halogens is 1. The number of fused-ring (bicyclic) bond motifs is 1. The predicted molar refractivity (Wildman–Crippen MR) is 95.1 cm³/mol. The predicted octanol–water partition coefficient (Wildman–Crippen LogP) is 4.91. The molecule has 0 saturated heterocycles.